The number of anilines is 1. The summed E-state index contributed by atoms with van der Waals surface area (Å²) in [6.07, 6.45) is 2.76. The average Bonchev–Trinajstić information content (AvgIpc) is 3.05. The van der Waals surface area contributed by atoms with E-state index >= 15 is 0 Å². The molecule has 152 valence electrons. The molecule has 7 nitrogen and oxygen atoms in total. The number of hydrogen-bond donors (Lipinski definition) is 2. The first-order valence-corrected chi connectivity index (χ1v) is 9.92. The fraction of sp³-hybridized carbons (Fsp3) is 0.217. The highest BCUT2D eigenvalue weighted by Gasteiger charge is 2.39. The predicted octanol–water partition coefficient (Wildman–Crippen LogP) is 2.80. The van der Waals surface area contributed by atoms with E-state index in [-0.39, 0.29) is 24.7 Å². The maximum atomic E-state index is 12.9. The molecule has 7 heteroatoms. The largest absolute Gasteiger partial charge is 0.356 e. The lowest BCUT2D eigenvalue weighted by atomic mass is 10.1. The van der Waals surface area contributed by atoms with Crippen LogP contribution in [0.2, 0.25) is 0 Å². The Morgan fingerprint density at radius 1 is 1.03 bits per heavy atom. The van der Waals surface area contributed by atoms with Crippen LogP contribution in [-0.4, -0.2) is 35.4 Å². The van der Waals surface area contributed by atoms with Crippen molar-refractivity contribution in [1.29, 1.82) is 0 Å². The van der Waals surface area contributed by atoms with Gasteiger partial charge in [0.1, 0.15) is 6.04 Å². The third-order valence-electron chi connectivity index (χ3n) is 5.12. The number of nitrogens with one attached hydrogen (secondary N) is 2. The van der Waals surface area contributed by atoms with Crippen molar-refractivity contribution in [3.8, 4) is 0 Å². The zero-order chi connectivity index (χ0) is 20.9. The van der Waals surface area contributed by atoms with Gasteiger partial charge in [-0.3, -0.25) is 14.6 Å². The highest BCUT2D eigenvalue weighted by atomic mass is 16.2. The van der Waals surface area contributed by atoms with Crippen molar-refractivity contribution >= 4 is 34.3 Å². The van der Waals surface area contributed by atoms with Crippen LogP contribution in [0.5, 0.6) is 0 Å². The summed E-state index contributed by atoms with van der Waals surface area (Å²) in [5.74, 6) is -0.491. The molecule has 0 bridgehead atoms. The molecule has 30 heavy (non-hydrogen) atoms. The summed E-state index contributed by atoms with van der Waals surface area (Å²) < 4.78 is 0. The van der Waals surface area contributed by atoms with Crippen molar-refractivity contribution < 1.29 is 14.4 Å². The van der Waals surface area contributed by atoms with Crippen molar-refractivity contribution in [1.82, 2.24) is 15.6 Å². The Morgan fingerprint density at radius 2 is 1.83 bits per heavy atom. The van der Waals surface area contributed by atoms with Crippen LogP contribution in [0.25, 0.3) is 10.8 Å². The van der Waals surface area contributed by atoms with Gasteiger partial charge in [-0.05, 0) is 30.0 Å². The average molecular weight is 402 g/mol. The molecule has 0 spiro atoms. The monoisotopic (exact) mass is 402 g/mol. The second-order valence-corrected chi connectivity index (χ2v) is 7.13. The van der Waals surface area contributed by atoms with Crippen LogP contribution in [0.3, 0.4) is 0 Å². The summed E-state index contributed by atoms with van der Waals surface area (Å²) >= 11 is 0. The number of fused-ring (bicyclic) bond motifs is 1. The van der Waals surface area contributed by atoms with E-state index in [0.717, 1.165) is 16.5 Å². The topological polar surface area (TPSA) is 91.4 Å². The summed E-state index contributed by atoms with van der Waals surface area (Å²) in [5, 5.41) is 7.31. The first-order valence-electron chi connectivity index (χ1n) is 9.92. The number of carbonyl (C=O) groups excluding carboxylic acids is 3. The van der Waals surface area contributed by atoms with E-state index in [1.54, 1.807) is 12.3 Å². The first-order chi connectivity index (χ1) is 14.6. The molecule has 2 N–H and O–H groups in total. The Hall–Kier alpha value is -3.74. The van der Waals surface area contributed by atoms with Gasteiger partial charge in [-0.25, -0.2) is 9.69 Å². The lowest BCUT2D eigenvalue weighted by Crippen LogP contribution is -2.33. The van der Waals surface area contributed by atoms with E-state index in [9.17, 15) is 14.4 Å². The Labute approximate surface area is 174 Å². The van der Waals surface area contributed by atoms with Gasteiger partial charge in [0.15, 0.2) is 0 Å². The van der Waals surface area contributed by atoms with Crippen LogP contribution >= 0.6 is 0 Å². The molecule has 4 amide bonds. The van der Waals surface area contributed by atoms with Crippen molar-refractivity contribution in [2.24, 2.45) is 0 Å². The van der Waals surface area contributed by atoms with E-state index in [1.807, 2.05) is 54.6 Å². The van der Waals surface area contributed by atoms with Gasteiger partial charge in [0.25, 0.3) is 5.91 Å². The summed E-state index contributed by atoms with van der Waals surface area (Å²) in [6.45, 7) is 0.475. The molecule has 0 unspecified atom stereocenters. The molecular formula is C23H22N4O3. The van der Waals surface area contributed by atoms with E-state index < -0.39 is 12.1 Å². The number of aromatic nitrogens is 1. The van der Waals surface area contributed by atoms with Crippen LogP contribution in [0.15, 0.2) is 66.9 Å². The smallest absolute Gasteiger partial charge is 0.329 e. The zero-order valence-electron chi connectivity index (χ0n) is 16.4. The molecule has 3 aromatic rings. The molecule has 1 aromatic heterocycles. The van der Waals surface area contributed by atoms with Crippen LogP contribution in [-0.2, 0) is 16.0 Å². The summed E-state index contributed by atoms with van der Waals surface area (Å²) in [5.41, 5.74) is 1.46. The van der Waals surface area contributed by atoms with Gasteiger partial charge in [-0.15, -0.1) is 0 Å². The SMILES string of the molecule is O=C(CC[C@@H]1NC(=O)N(c2cccc3ccccc23)C1=O)NCCc1ccccn1. The molecular weight excluding hydrogens is 380 g/mol. The molecule has 1 atom stereocenters. The van der Waals surface area contributed by atoms with Crippen LogP contribution in [0.4, 0.5) is 10.5 Å². The third kappa shape index (κ3) is 4.15. The molecule has 0 aliphatic carbocycles. The van der Waals surface area contributed by atoms with Gasteiger partial charge in [-0.1, -0.05) is 42.5 Å². The number of amides is 4. The maximum Gasteiger partial charge on any atom is 0.329 e. The highest BCUT2D eigenvalue weighted by Crippen LogP contribution is 2.29. The van der Waals surface area contributed by atoms with Gasteiger partial charge < -0.3 is 10.6 Å². The highest BCUT2D eigenvalue weighted by molar-refractivity contribution is 6.24. The number of benzene rings is 2. The fourth-order valence-electron chi connectivity index (χ4n) is 3.60. The molecule has 4 rings (SSSR count). The molecule has 0 saturated carbocycles. The number of urea groups is 1. The number of pyridine rings is 1. The van der Waals surface area contributed by atoms with E-state index in [1.165, 1.54) is 4.90 Å². The second-order valence-electron chi connectivity index (χ2n) is 7.13. The van der Waals surface area contributed by atoms with E-state index in [2.05, 4.69) is 15.6 Å². The number of carbonyl (C=O) groups is 3. The van der Waals surface area contributed by atoms with Gasteiger partial charge in [0.2, 0.25) is 5.91 Å². The minimum absolute atomic E-state index is 0.155. The third-order valence-corrected chi connectivity index (χ3v) is 5.12. The summed E-state index contributed by atoms with van der Waals surface area (Å²) in [4.78, 5) is 42.9. The Kier molecular flexibility index (Phi) is 5.70. The zero-order valence-corrected chi connectivity index (χ0v) is 16.4. The van der Waals surface area contributed by atoms with Crippen LogP contribution < -0.4 is 15.5 Å². The Balaban J connectivity index is 1.34. The fourth-order valence-corrected chi connectivity index (χ4v) is 3.60. The minimum Gasteiger partial charge on any atom is -0.356 e. The standard InChI is InChI=1S/C23H22N4O3/c28-21(25-15-13-17-8-3-4-14-24-17)12-11-19-22(29)27(23(30)26-19)20-10-5-7-16-6-1-2-9-18(16)20/h1-10,14,19H,11-13,15H2,(H,25,28)(H,26,30)/t19-/m0/s1. The van der Waals surface area contributed by atoms with Gasteiger partial charge in [0, 0.05) is 36.7 Å². The van der Waals surface area contributed by atoms with Crippen LogP contribution in [0.1, 0.15) is 18.5 Å². The lowest BCUT2D eigenvalue weighted by molar-refractivity contribution is -0.121. The normalized spacial score (nSPS) is 16.0. The quantitative estimate of drug-likeness (QED) is 0.595. The summed E-state index contributed by atoms with van der Waals surface area (Å²) in [7, 11) is 0. The molecule has 2 aromatic carbocycles. The molecule has 0 radical (unpaired) electrons. The lowest BCUT2D eigenvalue weighted by Gasteiger charge is -2.15. The maximum absolute atomic E-state index is 12.9. The minimum atomic E-state index is -0.710. The summed E-state index contributed by atoms with van der Waals surface area (Å²) in [6, 6.07) is 17.6. The number of nitrogens with zero attached hydrogens (tertiary/aromatic N) is 2. The van der Waals surface area contributed by atoms with Crippen LogP contribution in [0, 0.1) is 0 Å². The number of hydrogen-bond acceptors (Lipinski definition) is 4. The number of imide groups is 1. The van der Waals surface area contributed by atoms with Crippen molar-refractivity contribution in [3.63, 3.8) is 0 Å². The molecule has 1 fully saturated rings. The van der Waals surface area contributed by atoms with E-state index in [0.29, 0.717) is 18.7 Å². The van der Waals surface area contributed by atoms with Crippen molar-refractivity contribution in [3.05, 3.63) is 72.6 Å². The molecule has 1 saturated heterocycles. The molecule has 2 heterocycles. The molecule has 1 aliphatic heterocycles. The van der Waals surface area contributed by atoms with Crippen molar-refractivity contribution in [2.45, 2.75) is 25.3 Å². The Morgan fingerprint density at radius 3 is 2.67 bits per heavy atom. The van der Waals surface area contributed by atoms with Gasteiger partial charge in [-0.2, -0.15) is 0 Å². The predicted molar refractivity (Wildman–Crippen MR) is 114 cm³/mol. The van der Waals surface area contributed by atoms with Gasteiger partial charge >= 0.3 is 6.03 Å². The van der Waals surface area contributed by atoms with Gasteiger partial charge in [0.05, 0.1) is 5.69 Å². The number of rotatable bonds is 7. The van der Waals surface area contributed by atoms with E-state index in [4.69, 9.17) is 0 Å². The molecule has 1 aliphatic rings. The van der Waals surface area contributed by atoms with Crippen molar-refractivity contribution in [2.75, 3.05) is 11.4 Å². The first kappa shape index (κ1) is 19.6. The Bertz CT molecular complexity index is 1080. The second kappa shape index (κ2) is 8.73.